The van der Waals surface area contributed by atoms with Crippen LogP contribution < -0.4 is 5.19 Å². The maximum absolute atomic E-state index is 8.44. The Kier molecular flexibility index (Phi) is 11.8. The van der Waals surface area contributed by atoms with Crippen LogP contribution in [0.25, 0.3) is 81.2 Å². The molecule has 4 heterocycles. The fraction of sp³-hybridized carbons (Fsp3) is 0.218. The summed E-state index contributed by atoms with van der Waals surface area (Å²) in [5.41, 5.74) is 11.0. The molecule has 0 aliphatic rings. The number of aromatic nitrogens is 4. The maximum Gasteiger partial charge on any atom is 0.0799 e. The van der Waals surface area contributed by atoms with E-state index in [9.17, 15) is 0 Å². The minimum absolute atomic E-state index is 0. The van der Waals surface area contributed by atoms with Gasteiger partial charge in [0, 0.05) is 50.3 Å². The van der Waals surface area contributed by atoms with Gasteiger partial charge in [-0.15, -0.1) is 59.7 Å². The van der Waals surface area contributed by atoms with Crippen molar-refractivity contribution in [3.8, 4) is 28.3 Å². The molecule has 4 nitrogen and oxygen atoms in total. The summed E-state index contributed by atoms with van der Waals surface area (Å²) in [5.74, 6) is 1.04. The first-order valence-corrected chi connectivity index (χ1v) is 25.6. The molecule has 0 atom stereocenters. The van der Waals surface area contributed by atoms with Crippen LogP contribution >= 0.6 is 11.3 Å². The first-order chi connectivity index (χ1) is 29.7. The van der Waals surface area contributed by atoms with Crippen molar-refractivity contribution < 1.29 is 21.5 Å². The Labute approximate surface area is 385 Å². The number of benzene rings is 6. The van der Waals surface area contributed by atoms with Gasteiger partial charge in [0.25, 0.3) is 0 Å². The molecule has 0 aliphatic carbocycles. The Hall–Kier alpha value is -5.30. The smallest absolute Gasteiger partial charge is 0.0799 e. The van der Waals surface area contributed by atoms with E-state index in [0.29, 0.717) is 11.8 Å². The van der Waals surface area contributed by atoms with Crippen molar-refractivity contribution in [2.45, 2.75) is 78.9 Å². The Balaban J connectivity index is 0.000000219. The normalized spacial score (nSPS) is 12.3. The maximum atomic E-state index is 8.44. The summed E-state index contributed by atoms with van der Waals surface area (Å²) in [6.07, 6.45) is 4.03. The zero-order valence-electron chi connectivity index (χ0n) is 37.9. The molecule has 10 rings (SSSR count). The second-order valence-electron chi connectivity index (χ2n) is 17.9. The average molecular weight is 1020 g/mol. The molecule has 0 aliphatic heterocycles. The molecule has 0 unspecified atom stereocenters. The van der Waals surface area contributed by atoms with Crippen LogP contribution in [0.15, 0.2) is 134 Å². The van der Waals surface area contributed by atoms with Crippen molar-refractivity contribution in [1.82, 2.24) is 19.5 Å². The van der Waals surface area contributed by atoms with Crippen molar-refractivity contribution >= 4 is 77.5 Å². The van der Waals surface area contributed by atoms with Gasteiger partial charge in [-0.05, 0) is 67.3 Å². The molecule has 10 aromatic rings. The molecule has 0 spiro atoms. The number of thiophene rings is 1. The number of nitrogens with zero attached hydrogens (tertiary/aromatic N) is 4. The van der Waals surface area contributed by atoms with Gasteiger partial charge in [-0.1, -0.05) is 145 Å². The number of fused-ring (bicyclic) bond motifs is 8. The molecular formula is C55H52IrN4SSi-2. The van der Waals surface area contributed by atoms with E-state index in [0.717, 1.165) is 50.1 Å². The topological polar surface area (TPSA) is 43.6 Å². The summed E-state index contributed by atoms with van der Waals surface area (Å²) < 4.78 is 13.2. The average Bonchev–Trinajstić information content (AvgIpc) is 3.84. The molecule has 0 bridgehead atoms. The third-order valence-corrected chi connectivity index (χ3v) is 14.9. The third-order valence-electron chi connectivity index (χ3n) is 11.7. The van der Waals surface area contributed by atoms with Gasteiger partial charge in [0.05, 0.1) is 35.1 Å². The van der Waals surface area contributed by atoms with Crippen LogP contribution in [0.5, 0.6) is 0 Å². The molecule has 313 valence electrons. The van der Waals surface area contributed by atoms with E-state index in [4.69, 9.17) is 11.3 Å². The number of hydrogen-bond acceptors (Lipinski definition) is 4. The standard InChI is InChI=1S/C38H30N3S.C17H22NSi.Ir/c1-22(2)26-12-9-13-27(23(3)4)36(26)41-33-15-8-7-14-32(33)40-38(41)25-17-19-34-30(20-25)35-37(42-34)29-18-16-24-10-5-6-11-28(24)31(29)21-39-35;1-13(2)15-11-16(14-9-7-6-8-10-14)18-12-17(15)19(3,4)5;/h5-16,18-23H,1-4H3;6-9,11-13H,1-5H3;/q2*-1;/i;13D;. The van der Waals surface area contributed by atoms with Gasteiger partial charge >= 0.3 is 0 Å². The monoisotopic (exact) mass is 1020 g/mol. The van der Waals surface area contributed by atoms with E-state index in [1.165, 1.54) is 52.9 Å². The Morgan fingerprint density at radius 2 is 1.39 bits per heavy atom. The first kappa shape index (κ1) is 42.0. The first-order valence-electron chi connectivity index (χ1n) is 21.8. The third kappa shape index (κ3) is 7.97. The van der Waals surface area contributed by atoms with E-state index >= 15 is 0 Å². The molecule has 0 amide bonds. The van der Waals surface area contributed by atoms with Crippen LogP contribution in [-0.2, 0) is 20.1 Å². The van der Waals surface area contributed by atoms with Gasteiger partial charge in [0.2, 0.25) is 0 Å². The van der Waals surface area contributed by atoms with Crippen LogP contribution in [0.2, 0.25) is 19.6 Å². The quantitative estimate of drug-likeness (QED) is 0.0908. The van der Waals surface area contributed by atoms with Crippen molar-refractivity contribution in [3.05, 3.63) is 163 Å². The molecule has 4 aromatic heterocycles. The molecule has 0 saturated heterocycles. The van der Waals surface area contributed by atoms with Crippen LogP contribution in [-0.4, -0.2) is 27.6 Å². The second-order valence-corrected chi connectivity index (χ2v) is 24.0. The number of para-hydroxylation sites is 3. The molecule has 1 radical (unpaired) electrons. The van der Waals surface area contributed by atoms with Gasteiger partial charge in [0.1, 0.15) is 0 Å². The van der Waals surface area contributed by atoms with E-state index in [-0.39, 0.29) is 20.1 Å². The van der Waals surface area contributed by atoms with Gasteiger partial charge in [-0.25, -0.2) is 0 Å². The van der Waals surface area contributed by atoms with Gasteiger partial charge < -0.3 is 9.55 Å². The van der Waals surface area contributed by atoms with Crippen molar-refractivity contribution in [3.63, 3.8) is 0 Å². The summed E-state index contributed by atoms with van der Waals surface area (Å²) in [5, 5.41) is 7.36. The zero-order chi connectivity index (χ0) is 43.5. The Bertz CT molecular complexity index is 3260. The van der Waals surface area contributed by atoms with Crippen molar-refractivity contribution in [2.24, 2.45) is 0 Å². The molecule has 62 heavy (non-hydrogen) atoms. The summed E-state index contributed by atoms with van der Waals surface area (Å²) in [6, 6.07) is 49.4. The number of imidazole rings is 1. The van der Waals surface area contributed by atoms with Gasteiger partial charge in [-0.2, -0.15) is 11.3 Å². The van der Waals surface area contributed by atoms with Crippen LogP contribution in [0.3, 0.4) is 0 Å². The predicted molar refractivity (Wildman–Crippen MR) is 265 cm³/mol. The molecule has 0 fully saturated rings. The van der Waals surface area contributed by atoms with Crippen molar-refractivity contribution in [1.29, 1.82) is 0 Å². The van der Waals surface area contributed by atoms with Crippen LogP contribution in [0, 0.1) is 12.1 Å². The van der Waals surface area contributed by atoms with Crippen LogP contribution in [0.1, 0.15) is 77.3 Å². The second kappa shape index (κ2) is 17.5. The van der Waals surface area contributed by atoms with Crippen molar-refractivity contribution in [2.75, 3.05) is 0 Å². The number of rotatable bonds is 7. The minimum Gasteiger partial charge on any atom is -0.333 e. The summed E-state index contributed by atoms with van der Waals surface area (Å²) in [6.45, 7) is 19.9. The molecular weight excluding hydrogens is 969 g/mol. The zero-order valence-corrected chi connectivity index (χ0v) is 41.1. The summed E-state index contributed by atoms with van der Waals surface area (Å²) >= 11 is 1.80. The Morgan fingerprint density at radius 3 is 2.10 bits per heavy atom. The minimum atomic E-state index is -1.50. The van der Waals surface area contributed by atoms with Gasteiger partial charge in [0.15, 0.2) is 0 Å². The van der Waals surface area contributed by atoms with Crippen LogP contribution in [0.4, 0.5) is 0 Å². The fourth-order valence-corrected chi connectivity index (χ4v) is 11.3. The molecule has 0 N–H and O–H groups in total. The fourth-order valence-electron chi connectivity index (χ4n) is 8.60. The predicted octanol–water partition coefficient (Wildman–Crippen LogP) is 15.0. The molecule has 6 aromatic carbocycles. The molecule has 7 heteroatoms. The van der Waals surface area contributed by atoms with E-state index < -0.39 is 14.0 Å². The SMILES string of the molecule is CC(C)c1cccc(C(C)C)c1-n1c(-c2[c-]cc3sc4c5ccc6ccccc6c5cnc4c3c2)nc2ccccc21.[2H]C(C)(C)c1cc(-c2[c-]cccc2)ncc1[Si](C)(C)C.[Ir]. The Morgan fingerprint density at radius 1 is 0.661 bits per heavy atom. The number of pyridine rings is 2. The largest absolute Gasteiger partial charge is 0.333 e. The summed E-state index contributed by atoms with van der Waals surface area (Å²) in [4.78, 5) is 14.9. The number of hydrogen-bond donors (Lipinski definition) is 0. The van der Waals surface area contributed by atoms with E-state index in [2.05, 4.69) is 166 Å². The summed E-state index contributed by atoms with van der Waals surface area (Å²) in [7, 11) is -1.50. The van der Waals surface area contributed by atoms with E-state index in [1.54, 1.807) is 11.3 Å². The molecule has 0 saturated carbocycles. The van der Waals surface area contributed by atoms with Gasteiger partial charge in [-0.3, -0.25) is 9.97 Å². The van der Waals surface area contributed by atoms with E-state index in [1.807, 2.05) is 50.5 Å².